The molecule has 0 bridgehead atoms. The van der Waals surface area contributed by atoms with Gasteiger partial charge in [-0.1, -0.05) is 0 Å². The molecular weight excluding hydrogens is 290 g/mol. The number of ether oxygens (including phenoxy) is 1. The van der Waals surface area contributed by atoms with Gasteiger partial charge in [-0.2, -0.15) is 9.61 Å². The lowest BCUT2D eigenvalue weighted by Crippen LogP contribution is -2.24. The number of hydrogen-bond donors (Lipinski definition) is 1. The molecule has 1 atom stereocenters. The minimum absolute atomic E-state index is 0.000442. The van der Waals surface area contributed by atoms with Gasteiger partial charge in [0.25, 0.3) is 0 Å². The van der Waals surface area contributed by atoms with Crippen molar-refractivity contribution in [2.45, 2.75) is 33.8 Å². The molecule has 0 aliphatic heterocycles. The van der Waals surface area contributed by atoms with Crippen LogP contribution in [0.5, 0.6) is 5.75 Å². The van der Waals surface area contributed by atoms with Crippen LogP contribution in [0.2, 0.25) is 0 Å². The molecule has 3 aromatic rings. The molecule has 3 aromatic heterocycles. The molecule has 1 N–H and O–H groups in total. The Morgan fingerprint density at radius 3 is 2.87 bits per heavy atom. The van der Waals surface area contributed by atoms with E-state index in [-0.39, 0.29) is 6.10 Å². The normalized spacial score (nSPS) is 12.3. The van der Waals surface area contributed by atoms with Crippen LogP contribution in [0.4, 0.5) is 5.82 Å². The predicted molar refractivity (Wildman–Crippen MR) is 90.0 cm³/mol. The average molecular weight is 311 g/mol. The van der Waals surface area contributed by atoms with Gasteiger partial charge >= 0.3 is 0 Å². The Labute approximate surface area is 135 Å². The molecule has 120 valence electrons. The quantitative estimate of drug-likeness (QED) is 0.785. The fourth-order valence-electron chi connectivity index (χ4n) is 2.42. The van der Waals surface area contributed by atoms with Crippen LogP contribution >= 0.6 is 0 Å². The monoisotopic (exact) mass is 311 g/mol. The molecule has 0 aromatic carbocycles. The van der Waals surface area contributed by atoms with Crippen molar-refractivity contribution in [3.05, 3.63) is 47.5 Å². The number of hydrogen-bond acceptors (Lipinski definition) is 5. The molecule has 23 heavy (non-hydrogen) atoms. The van der Waals surface area contributed by atoms with Crippen molar-refractivity contribution in [2.75, 3.05) is 11.9 Å². The molecule has 0 fully saturated rings. The van der Waals surface area contributed by atoms with E-state index in [0.29, 0.717) is 6.54 Å². The molecule has 6 heteroatoms. The number of nitrogens with zero attached hydrogens (tertiary/aromatic N) is 4. The fourth-order valence-corrected chi connectivity index (χ4v) is 2.42. The van der Waals surface area contributed by atoms with E-state index in [1.807, 2.05) is 50.4 Å². The summed E-state index contributed by atoms with van der Waals surface area (Å²) in [7, 11) is 0. The first-order chi connectivity index (χ1) is 11.0. The molecule has 3 rings (SSSR count). The maximum atomic E-state index is 5.84. The van der Waals surface area contributed by atoms with Crippen LogP contribution in [0.1, 0.15) is 23.9 Å². The Balaban J connectivity index is 1.75. The average Bonchev–Trinajstić information content (AvgIpc) is 2.82. The van der Waals surface area contributed by atoms with Crippen LogP contribution < -0.4 is 10.1 Å². The molecule has 0 amide bonds. The smallest absolute Gasteiger partial charge is 0.160 e. The molecule has 0 saturated carbocycles. The maximum Gasteiger partial charge on any atom is 0.160 e. The van der Waals surface area contributed by atoms with Crippen LogP contribution in [0.3, 0.4) is 0 Å². The van der Waals surface area contributed by atoms with Gasteiger partial charge in [0.15, 0.2) is 5.65 Å². The molecule has 6 nitrogen and oxygen atoms in total. The van der Waals surface area contributed by atoms with E-state index in [9.17, 15) is 0 Å². The Morgan fingerprint density at radius 2 is 2.13 bits per heavy atom. The lowest BCUT2D eigenvalue weighted by atomic mass is 10.3. The first-order valence-electron chi connectivity index (χ1n) is 7.68. The van der Waals surface area contributed by atoms with Crippen molar-refractivity contribution in [1.82, 2.24) is 19.6 Å². The Bertz CT molecular complexity index is 813. The second kappa shape index (κ2) is 6.24. The van der Waals surface area contributed by atoms with Crippen molar-refractivity contribution in [1.29, 1.82) is 0 Å². The van der Waals surface area contributed by atoms with E-state index in [0.717, 1.165) is 34.2 Å². The molecule has 0 radical (unpaired) electrons. The number of aryl methyl sites for hydroxylation is 3. The van der Waals surface area contributed by atoms with Crippen LogP contribution in [0, 0.1) is 20.8 Å². The summed E-state index contributed by atoms with van der Waals surface area (Å²) in [4.78, 5) is 8.63. The predicted octanol–water partition coefficient (Wildman–Crippen LogP) is 2.93. The molecule has 0 saturated heterocycles. The molecule has 0 aliphatic rings. The standard InChI is InChI=1S/C17H21N5O/c1-11-8-16(22-17(20-11)13(3)14(4)21-22)19-9-12(2)23-15-6-5-7-18-10-15/h5-8,10,12,19H,9H2,1-4H3/t12-/m1/s1. The van der Waals surface area contributed by atoms with E-state index in [1.165, 1.54) is 0 Å². The van der Waals surface area contributed by atoms with Crippen LogP contribution in [-0.4, -0.2) is 32.2 Å². The number of anilines is 1. The highest BCUT2D eigenvalue weighted by Gasteiger charge is 2.12. The van der Waals surface area contributed by atoms with Crippen LogP contribution in [0.25, 0.3) is 5.65 Å². The van der Waals surface area contributed by atoms with E-state index < -0.39 is 0 Å². The summed E-state index contributed by atoms with van der Waals surface area (Å²) in [5.41, 5.74) is 3.96. The molecule has 0 aliphatic carbocycles. The largest absolute Gasteiger partial charge is 0.487 e. The highest BCUT2D eigenvalue weighted by atomic mass is 16.5. The zero-order valence-corrected chi connectivity index (χ0v) is 13.9. The summed E-state index contributed by atoms with van der Waals surface area (Å²) in [6.45, 7) is 8.71. The van der Waals surface area contributed by atoms with Crippen molar-refractivity contribution in [3.8, 4) is 5.75 Å². The first kappa shape index (κ1) is 15.3. The number of pyridine rings is 1. The van der Waals surface area contributed by atoms with Gasteiger partial charge < -0.3 is 10.1 Å². The third-order valence-corrected chi connectivity index (χ3v) is 3.73. The number of nitrogens with one attached hydrogen (secondary N) is 1. The number of rotatable bonds is 5. The van der Waals surface area contributed by atoms with Crippen LogP contribution in [-0.2, 0) is 0 Å². The minimum atomic E-state index is 0.000442. The molecule has 0 spiro atoms. The van der Waals surface area contributed by atoms with Crippen molar-refractivity contribution in [2.24, 2.45) is 0 Å². The molecule has 0 unspecified atom stereocenters. The SMILES string of the molecule is Cc1cc(NC[C@@H](C)Oc2cccnc2)n2nc(C)c(C)c2n1. The lowest BCUT2D eigenvalue weighted by molar-refractivity contribution is 0.233. The van der Waals surface area contributed by atoms with E-state index >= 15 is 0 Å². The van der Waals surface area contributed by atoms with E-state index in [2.05, 4.69) is 20.4 Å². The summed E-state index contributed by atoms with van der Waals surface area (Å²) in [5.74, 6) is 1.69. The zero-order valence-electron chi connectivity index (χ0n) is 13.9. The Hall–Kier alpha value is -2.63. The van der Waals surface area contributed by atoms with Gasteiger partial charge in [0.05, 0.1) is 18.4 Å². The van der Waals surface area contributed by atoms with Gasteiger partial charge in [-0.3, -0.25) is 4.98 Å². The summed E-state index contributed by atoms with van der Waals surface area (Å²) >= 11 is 0. The third-order valence-electron chi connectivity index (χ3n) is 3.73. The summed E-state index contributed by atoms with van der Waals surface area (Å²) in [5, 5.41) is 7.96. The number of aromatic nitrogens is 4. The second-order valence-electron chi connectivity index (χ2n) is 5.73. The van der Waals surface area contributed by atoms with Gasteiger partial charge in [-0.15, -0.1) is 0 Å². The van der Waals surface area contributed by atoms with E-state index in [1.54, 1.807) is 12.4 Å². The van der Waals surface area contributed by atoms with Crippen molar-refractivity contribution in [3.63, 3.8) is 0 Å². The van der Waals surface area contributed by atoms with Gasteiger partial charge in [0, 0.05) is 23.5 Å². The first-order valence-corrected chi connectivity index (χ1v) is 7.68. The minimum Gasteiger partial charge on any atom is -0.487 e. The maximum absolute atomic E-state index is 5.84. The fraction of sp³-hybridized carbons (Fsp3) is 0.353. The summed E-state index contributed by atoms with van der Waals surface area (Å²) in [6.07, 6.45) is 3.45. The second-order valence-corrected chi connectivity index (χ2v) is 5.73. The zero-order chi connectivity index (χ0) is 16.4. The van der Waals surface area contributed by atoms with Crippen LogP contribution in [0.15, 0.2) is 30.6 Å². The van der Waals surface area contributed by atoms with Crippen molar-refractivity contribution >= 4 is 11.5 Å². The molecule has 3 heterocycles. The topological polar surface area (TPSA) is 64.3 Å². The summed E-state index contributed by atoms with van der Waals surface area (Å²) < 4.78 is 7.69. The Kier molecular flexibility index (Phi) is 4.14. The van der Waals surface area contributed by atoms with Gasteiger partial charge in [0.1, 0.15) is 17.7 Å². The third kappa shape index (κ3) is 3.26. The molecular formula is C17H21N5O. The van der Waals surface area contributed by atoms with Gasteiger partial charge in [-0.25, -0.2) is 4.98 Å². The number of fused-ring (bicyclic) bond motifs is 1. The summed E-state index contributed by atoms with van der Waals surface area (Å²) in [6, 6.07) is 5.76. The van der Waals surface area contributed by atoms with Gasteiger partial charge in [-0.05, 0) is 39.8 Å². The van der Waals surface area contributed by atoms with E-state index in [4.69, 9.17) is 4.74 Å². The highest BCUT2D eigenvalue weighted by Crippen LogP contribution is 2.18. The van der Waals surface area contributed by atoms with Gasteiger partial charge in [0.2, 0.25) is 0 Å². The lowest BCUT2D eigenvalue weighted by Gasteiger charge is -2.16. The Morgan fingerprint density at radius 1 is 1.30 bits per heavy atom. The van der Waals surface area contributed by atoms with Crippen molar-refractivity contribution < 1.29 is 4.74 Å². The highest BCUT2D eigenvalue weighted by molar-refractivity contribution is 5.55.